The molecule has 1 nitrogen and oxygen atoms in total. The Bertz CT molecular complexity index is 496. The lowest BCUT2D eigenvalue weighted by Crippen LogP contribution is -1.90. The highest BCUT2D eigenvalue weighted by Crippen LogP contribution is 2.35. The van der Waals surface area contributed by atoms with Gasteiger partial charge in [-0.2, -0.15) is 0 Å². The molecule has 2 aromatic carbocycles. The Labute approximate surface area is 115 Å². The zero-order valence-corrected chi connectivity index (χ0v) is 12.0. The number of nitrogens with two attached hydrogens (primary N) is 1. The average molecular weight is 308 g/mol. The summed E-state index contributed by atoms with van der Waals surface area (Å²) in [5.41, 5.74) is 7.80. The maximum Gasteiger partial charge on any atom is 0.0316 e. The molecule has 0 saturated heterocycles. The van der Waals surface area contributed by atoms with Gasteiger partial charge in [-0.05, 0) is 42.8 Å². The maximum atomic E-state index is 5.69. The summed E-state index contributed by atoms with van der Waals surface area (Å²) in [6.45, 7) is 2.21. The molecule has 0 radical (unpaired) electrons. The number of hydrogen-bond acceptors (Lipinski definition) is 2. The van der Waals surface area contributed by atoms with E-state index < -0.39 is 0 Å². The minimum Gasteiger partial charge on any atom is -0.399 e. The number of anilines is 1. The normalized spacial score (nSPS) is 12.4. The van der Waals surface area contributed by atoms with E-state index >= 15 is 0 Å². The van der Waals surface area contributed by atoms with Crippen molar-refractivity contribution >= 4 is 33.4 Å². The Balaban J connectivity index is 2.11. The Morgan fingerprint density at radius 1 is 1.12 bits per heavy atom. The van der Waals surface area contributed by atoms with Crippen molar-refractivity contribution in [1.29, 1.82) is 0 Å². The van der Waals surface area contributed by atoms with E-state index in [1.807, 2.05) is 30.0 Å². The molecule has 0 heterocycles. The third-order valence-corrected chi connectivity index (χ3v) is 4.16. The summed E-state index contributed by atoms with van der Waals surface area (Å²) in [6.07, 6.45) is 0. The zero-order chi connectivity index (χ0) is 12.3. The van der Waals surface area contributed by atoms with E-state index in [2.05, 4.69) is 53.2 Å². The number of rotatable bonds is 3. The van der Waals surface area contributed by atoms with Crippen LogP contribution in [0.5, 0.6) is 0 Å². The molecule has 0 aliphatic carbocycles. The van der Waals surface area contributed by atoms with E-state index in [0.717, 1.165) is 10.2 Å². The highest BCUT2D eigenvalue weighted by Gasteiger charge is 2.07. The van der Waals surface area contributed by atoms with Crippen molar-refractivity contribution in [3.8, 4) is 0 Å². The van der Waals surface area contributed by atoms with Gasteiger partial charge in [-0.15, -0.1) is 11.8 Å². The van der Waals surface area contributed by atoms with E-state index in [9.17, 15) is 0 Å². The molecule has 0 amide bonds. The van der Waals surface area contributed by atoms with Crippen LogP contribution in [0.4, 0.5) is 5.69 Å². The molecule has 2 N–H and O–H groups in total. The molecule has 0 spiro atoms. The summed E-state index contributed by atoms with van der Waals surface area (Å²) in [7, 11) is 0. The van der Waals surface area contributed by atoms with Crippen molar-refractivity contribution in [3.63, 3.8) is 0 Å². The summed E-state index contributed by atoms with van der Waals surface area (Å²) >= 11 is 5.33. The smallest absolute Gasteiger partial charge is 0.0316 e. The summed E-state index contributed by atoms with van der Waals surface area (Å²) < 4.78 is 1.12. The van der Waals surface area contributed by atoms with Crippen LogP contribution in [-0.4, -0.2) is 0 Å². The highest BCUT2D eigenvalue weighted by atomic mass is 79.9. The Hall–Kier alpha value is -0.930. The highest BCUT2D eigenvalue weighted by molar-refractivity contribution is 9.10. The molecular formula is C14H14BrNS. The van der Waals surface area contributed by atoms with Crippen LogP contribution >= 0.6 is 27.7 Å². The molecule has 0 bridgehead atoms. The van der Waals surface area contributed by atoms with Crippen LogP contribution in [0.3, 0.4) is 0 Å². The largest absolute Gasteiger partial charge is 0.399 e. The Kier molecular flexibility index (Phi) is 4.13. The fourth-order valence-electron chi connectivity index (χ4n) is 1.58. The molecule has 1 atom stereocenters. The second kappa shape index (κ2) is 5.61. The van der Waals surface area contributed by atoms with Crippen molar-refractivity contribution in [1.82, 2.24) is 0 Å². The fraction of sp³-hybridized carbons (Fsp3) is 0.143. The molecule has 0 aliphatic heterocycles. The quantitative estimate of drug-likeness (QED) is 0.645. The van der Waals surface area contributed by atoms with Crippen LogP contribution in [0.25, 0.3) is 0 Å². The Morgan fingerprint density at radius 3 is 2.47 bits per heavy atom. The summed E-state index contributed by atoms with van der Waals surface area (Å²) in [5, 5.41) is 0.421. The molecule has 0 fully saturated rings. The second-order valence-corrected chi connectivity index (χ2v) is 6.21. The minimum atomic E-state index is 0.421. The van der Waals surface area contributed by atoms with Gasteiger partial charge in [-0.3, -0.25) is 0 Å². The van der Waals surface area contributed by atoms with E-state index in [-0.39, 0.29) is 0 Å². The summed E-state index contributed by atoms with van der Waals surface area (Å²) in [5.74, 6) is 0. The zero-order valence-electron chi connectivity index (χ0n) is 9.56. The first-order valence-electron chi connectivity index (χ1n) is 5.43. The SMILES string of the molecule is CC(Sc1cccc(Br)c1)c1ccc(N)cc1. The van der Waals surface area contributed by atoms with Gasteiger partial charge in [0.05, 0.1) is 0 Å². The summed E-state index contributed by atoms with van der Waals surface area (Å²) in [4.78, 5) is 1.27. The number of benzene rings is 2. The lowest BCUT2D eigenvalue weighted by atomic mass is 10.1. The van der Waals surface area contributed by atoms with E-state index in [1.54, 1.807) is 0 Å². The monoisotopic (exact) mass is 307 g/mol. The van der Waals surface area contributed by atoms with E-state index in [1.165, 1.54) is 10.5 Å². The van der Waals surface area contributed by atoms with Gasteiger partial charge < -0.3 is 5.73 Å². The third kappa shape index (κ3) is 3.51. The van der Waals surface area contributed by atoms with Crippen LogP contribution in [-0.2, 0) is 0 Å². The molecule has 0 aliphatic rings. The van der Waals surface area contributed by atoms with Crippen molar-refractivity contribution < 1.29 is 0 Å². The number of thioether (sulfide) groups is 1. The molecule has 17 heavy (non-hydrogen) atoms. The number of hydrogen-bond donors (Lipinski definition) is 1. The van der Waals surface area contributed by atoms with Crippen molar-refractivity contribution in [3.05, 3.63) is 58.6 Å². The predicted molar refractivity (Wildman–Crippen MR) is 79.3 cm³/mol. The van der Waals surface area contributed by atoms with Gasteiger partial charge in [0.25, 0.3) is 0 Å². The molecule has 3 heteroatoms. The van der Waals surface area contributed by atoms with E-state index in [0.29, 0.717) is 5.25 Å². The lowest BCUT2D eigenvalue weighted by molar-refractivity contribution is 1.10. The van der Waals surface area contributed by atoms with Crippen molar-refractivity contribution in [2.24, 2.45) is 0 Å². The number of halogens is 1. The van der Waals surface area contributed by atoms with Crippen LogP contribution in [0, 0.1) is 0 Å². The van der Waals surface area contributed by atoms with Crippen molar-refractivity contribution in [2.45, 2.75) is 17.1 Å². The van der Waals surface area contributed by atoms with Gasteiger partial charge in [-0.25, -0.2) is 0 Å². The van der Waals surface area contributed by atoms with Crippen LogP contribution in [0.1, 0.15) is 17.7 Å². The molecule has 88 valence electrons. The first kappa shape index (κ1) is 12.5. The second-order valence-electron chi connectivity index (χ2n) is 3.88. The minimum absolute atomic E-state index is 0.421. The van der Waals surface area contributed by atoms with Gasteiger partial charge in [0.2, 0.25) is 0 Å². The first-order chi connectivity index (χ1) is 8.15. The van der Waals surface area contributed by atoms with E-state index in [4.69, 9.17) is 5.73 Å². The molecular weight excluding hydrogens is 294 g/mol. The van der Waals surface area contributed by atoms with Crippen LogP contribution < -0.4 is 5.73 Å². The van der Waals surface area contributed by atoms with Gasteiger partial charge in [0.15, 0.2) is 0 Å². The van der Waals surface area contributed by atoms with Crippen molar-refractivity contribution in [2.75, 3.05) is 5.73 Å². The molecule has 1 unspecified atom stereocenters. The third-order valence-electron chi connectivity index (χ3n) is 2.51. The Morgan fingerprint density at radius 2 is 1.82 bits per heavy atom. The standard InChI is InChI=1S/C14H14BrNS/c1-10(11-5-7-13(16)8-6-11)17-14-4-2-3-12(15)9-14/h2-10H,16H2,1H3. The lowest BCUT2D eigenvalue weighted by Gasteiger charge is -2.12. The molecule has 2 rings (SSSR count). The van der Waals surface area contributed by atoms with Gasteiger partial charge in [-0.1, -0.05) is 34.1 Å². The fourth-order valence-corrected chi connectivity index (χ4v) is 3.18. The van der Waals surface area contributed by atoms with Crippen LogP contribution in [0.2, 0.25) is 0 Å². The molecule has 0 saturated carbocycles. The van der Waals surface area contributed by atoms with Gasteiger partial charge in [0.1, 0.15) is 0 Å². The maximum absolute atomic E-state index is 5.69. The molecule has 0 aromatic heterocycles. The van der Waals surface area contributed by atoms with Crippen LogP contribution in [0.15, 0.2) is 57.9 Å². The van der Waals surface area contributed by atoms with Gasteiger partial charge >= 0.3 is 0 Å². The van der Waals surface area contributed by atoms with Gasteiger partial charge in [0, 0.05) is 20.3 Å². The topological polar surface area (TPSA) is 26.0 Å². The molecule has 2 aromatic rings. The predicted octanol–water partition coefficient (Wildman–Crippen LogP) is 4.88. The number of nitrogen functional groups attached to an aromatic ring is 1. The average Bonchev–Trinajstić information content (AvgIpc) is 2.29. The summed E-state index contributed by atoms with van der Waals surface area (Å²) in [6, 6.07) is 16.4. The first-order valence-corrected chi connectivity index (χ1v) is 7.10.